The van der Waals surface area contributed by atoms with Crippen molar-refractivity contribution in [3.8, 4) is 12.3 Å². The van der Waals surface area contributed by atoms with E-state index in [9.17, 15) is 18.0 Å². The lowest BCUT2D eigenvalue weighted by molar-refractivity contribution is -0.247. The van der Waals surface area contributed by atoms with E-state index in [1.54, 1.807) is 0 Å². The number of nitrogens with one attached hydrogen (secondary N) is 1. The van der Waals surface area contributed by atoms with E-state index in [-0.39, 0.29) is 17.2 Å². The van der Waals surface area contributed by atoms with Crippen molar-refractivity contribution in [2.75, 3.05) is 12.4 Å². The standard InChI is InChI=1S/C12H9ClF3NO2/c1-3-11(19-7-18,12(14,15)16)9-6-8(13)4-5-10(9)17-2/h1,4-7,17H,2H3/t11-/m0/s1. The van der Waals surface area contributed by atoms with Crippen LogP contribution in [-0.4, -0.2) is 19.7 Å². The molecule has 0 saturated heterocycles. The van der Waals surface area contributed by atoms with Crippen molar-refractivity contribution in [2.24, 2.45) is 0 Å². The summed E-state index contributed by atoms with van der Waals surface area (Å²) in [6.07, 6.45) is -0.0262. The highest BCUT2D eigenvalue weighted by molar-refractivity contribution is 6.30. The van der Waals surface area contributed by atoms with Gasteiger partial charge in [0.2, 0.25) is 0 Å². The van der Waals surface area contributed by atoms with Crippen LogP contribution >= 0.6 is 11.6 Å². The fourth-order valence-electron chi connectivity index (χ4n) is 1.57. The van der Waals surface area contributed by atoms with Gasteiger partial charge in [-0.1, -0.05) is 11.6 Å². The molecule has 0 spiro atoms. The minimum atomic E-state index is -4.99. The predicted octanol–water partition coefficient (Wildman–Crippen LogP) is 2.95. The van der Waals surface area contributed by atoms with E-state index < -0.39 is 17.3 Å². The molecule has 0 aliphatic heterocycles. The van der Waals surface area contributed by atoms with Gasteiger partial charge in [0.25, 0.3) is 12.1 Å². The number of anilines is 1. The number of benzene rings is 1. The quantitative estimate of drug-likeness (QED) is 0.685. The number of terminal acetylenes is 1. The largest absolute Gasteiger partial charge is 0.445 e. The lowest BCUT2D eigenvalue weighted by atomic mass is 9.92. The van der Waals surface area contributed by atoms with Gasteiger partial charge in [0.05, 0.1) is 0 Å². The first-order valence-electron chi connectivity index (χ1n) is 4.96. The van der Waals surface area contributed by atoms with E-state index in [2.05, 4.69) is 10.1 Å². The zero-order chi connectivity index (χ0) is 14.7. The molecule has 1 aromatic rings. The highest BCUT2D eigenvalue weighted by atomic mass is 35.5. The lowest BCUT2D eigenvalue weighted by Gasteiger charge is -2.30. The van der Waals surface area contributed by atoms with Crippen molar-refractivity contribution in [2.45, 2.75) is 11.8 Å². The van der Waals surface area contributed by atoms with Crippen LogP contribution in [-0.2, 0) is 15.1 Å². The van der Waals surface area contributed by atoms with Crippen molar-refractivity contribution in [1.29, 1.82) is 0 Å². The number of hydrogen-bond donors (Lipinski definition) is 1. The summed E-state index contributed by atoms with van der Waals surface area (Å²) < 4.78 is 43.8. The molecule has 0 saturated carbocycles. The zero-order valence-electron chi connectivity index (χ0n) is 9.72. The number of hydrogen-bond acceptors (Lipinski definition) is 3. The molecule has 0 aliphatic rings. The third-order valence-electron chi connectivity index (χ3n) is 2.46. The molecule has 1 N–H and O–H groups in total. The Labute approximate surface area is 112 Å². The average molecular weight is 292 g/mol. The van der Waals surface area contributed by atoms with E-state index in [0.29, 0.717) is 0 Å². The second-order valence-corrected chi connectivity index (χ2v) is 3.91. The van der Waals surface area contributed by atoms with Gasteiger partial charge in [0.15, 0.2) is 0 Å². The summed E-state index contributed by atoms with van der Waals surface area (Å²) in [5.41, 5.74) is -3.58. The smallest absolute Gasteiger partial charge is 0.434 e. The van der Waals surface area contributed by atoms with Crippen molar-refractivity contribution in [1.82, 2.24) is 0 Å². The first-order valence-corrected chi connectivity index (χ1v) is 5.34. The van der Waals surface area contributed by atoms with Gasteiger partial charge in [-0.05, 0) is 24.1 Å². The topological polar surface area (TPSA) is 38.3 Å². The molecular formula is C12H9ClF3NO2. The Kier molecular flexibility index (Phi) is 4.32. The maximum Gasteiger partial charge on any atom is 0.445 e. The number of carbonyl (C=O) groups excluding carboxylic acids is 1. The van der Waals surface area contributed by atoms with E-state index in [4.69, 9.17) is 18.0 Å². The summed E-state index contributed by atoms with van der Waals surface area (Å²) >= 11 is 5.68. The average Bonchev–Trinajstić information content (AvgIpc) is 2.34. The van der Waals surface area contributed by atoms with Gasteiger partial charge in [-0.25, -0.2) is 0 Å². The van der Waals surface area contributed by atoms with Crippen LogP contribution in [0.5, 0.6) is 0 Å². The highest BCUT2D eigenvalue weighted by Gasteiger charge is 2.59. The summed E-state index contributed by atoms with van der Waals surface area (Å²) in [5.74, 6) is 1.50. The second kappa shape index (κ2) is 5.41. The third kappa shape index (κ3) is 2.61. The molecule has 0 aliphatic carbocycles. The molecule has 0 heterocycles. The van der Waals surface area contributed by atoms with Crippen molar-refractivity contribution >= 4 is 23.8 Å². The normalized spacial score (nSPS) is 14.1. The molecule has 102 valence electrons. The first-order chi connectivity index (χ1) is 8.82. The minimum Gasteiger partial charge on any atom is -0.434 e. The molecule has 0 radical (unpaired) electrons. The van der Waals surface area contributed by atoms with E-state index in [1.165, 1.54) is 25.1 Å². The van der Waals surface area contributed by atoms with Gasteiger partial charge in [-0.15, -0.1) is 6.42 Å². The fourth-order valence-corrected chi connectivity index (χ4v) is 1.75. The van der Waals surface area contributed by atoms with Gasteiger partial charge >= 0.3 is 6.18 Å². The number of carbonyl (C=O) groups is 1. The van der Waals surface area contributed by atoms with Crippen LogP contribution in [0, 0.1) is 12.3 Å². The van der Waals surface area contributed by atoms with Gasteiger partial charge in [-0.2, -0.15) is 13.2 Å². The molecule has 0 aromatic heterocycles. The fraction of sp³-hybridized carbons (Fsp3) is 0.250. The number of rotatable bonds is 4. The Balaban J connectivity index is 3.63. The Hall–Kier alpha value is -1.87. The molecule has 0 bridgehead atoms. The molecule has 3 nitrogen and oxygen atoms in total. The van der Waals surface area contributed by atoms with Crippen molar-refractivity contribution < 1.29 is 22.7 Å². The second-order valence-electron chi connectivity index (χ2n) is 3.48. The molecule has 0 unspecified atom stereocenters. The minimum absolute atomic E-state index is 0.0346. The monoisotopic (exact) mass is 291 g/mol. The highest BCUT2D eigenvalue weighted by Crippen LogP contribution is 2.44. The molecule has 1 aromatic carbocycles. The molecule has 19 heavy (non-hydrogen) atoms. The Morgan fingerprint density at radius 2 is 2.11 bits per heavy atom. The number of ether oxygens (including phenoxy) is 1. The summed E-state index contributed by atoms with van der Waals surface area (Å²) in [6, 6.07) is 3.70. The summed E-state index contributed by atoms with van der Waals surface area (Å²) in [7, 11) is 1.41. The maximum absolute atomic E-state index is 13.2. The first kappa shape index (κ1) is 15.2. The molecule has 0 amide bonds. The predicted molar refractivity (Wildman–Crippen MR) is 64.7 cm³/mol. The molecule has 0 fully saturated rings. The summed E-state index contributed by atoms with van der Waals surface area (Å²) in [5, 5.41) is 2.58. The number of halogens is 4. The lowest BCUT2D eigenvalue weighted by Crippen LogP contribution is -2.44. The van der Waals surface area contributed by atoms with Crippen LogP contribution in [0.4, 0.5) is 18.9 Å². The van der Waals surface area contributed by atoms with Crippen LogP contribution in [0.3, 0.4) is 0 Å². The Bertz CT molecular complexity index is 525. The molecule has 1 atom stereocenters. The van der Waals surface area contributed by atoms with Gasteiger partial charge < -0.3 is 10.1 Å². The molecular weight excluding hydrogens is 283 g/mol. The van der Waals surface area contributed by atoms with E-state index >= 15 is 0 Å². The van der Waals surface area contributed by atoms with Crippen LogP contribution in [0.15, 0.2) is 18.2 Å². The molecule has 1 rings (SSSR count). The number of alkyl halides is 3. The van der Waals surface area contributed by atoms with Crippen LogP contribution in [0.25, 0.3) is 0 Å². The van der Waals surface area contributed by atoms with E-state index in [1.807, 2.05) is 0 Å². The third-order valence-corrected chi connectivity index (χ3v) is 2.69. The van der Waals surface area contributed by atoms with Gasteiger partial charge in [0, 0.05) is 23.3 Å². The van der Waals surface area contributed by atoms with Crippen LogP contribution in [0.2, 0.25) is 5.02 Å². The zero-order valence-corrected chi connectivity index (χ0v) is 10.5. The van der Waals surface area contributed by atoms with Gasteiger partial charge in [-0.3, -0.25) is 4.79 Å². The SMILES string of the molecule is C#C[C@](OC=O)(c1cc(Cl)ccc1NC)C(F)(F)F. The van der Waals surface area contributed by atoms with Crippen molar-refractivity contribution in [3.63, 3.8) is 0 Å². The molecule has 7 heteroatoms. The van der Waals surface area contributed by atoms with Crippen molar-refractivity contribution in [3.05, 3.63) is 28.8 Å². The van der Waals surface area contributed by atoms with Crippen LogP contribution in [0.1, 0.15) is 5.56 Å². The van der Waals surface area contributed by atoms with Gasteiger partial charge in [0.1, 0.15) is 0 Å². The maximum atomic E-state index is 13.2. The summed E-state index contributed by atoms with van der Waals surface area (Å²) in [4.78, 5) is 10.4. The van der Waals surface area contributed by atoms with E-state index in [0.717, 1.165) is 6.07 Å². The Morgan fingerprint density at radius 3 is 2.53 bits per heavy atom. The summed E-state index contributed by atoms with van der Waals surface area (Å²) in [6.45, 7) is -0.340. The Morgan fingerprint density at radius 1 is 1.47 bits per heavy atom. The van der Waals surface area contributed by atoms with Crippen LogP contribution < -0.4 is 5.32 Å².